The molecule has 0 radical (unpaired) electrons. The summed E-state index contributed by atoms with van der Waals surface area (Å²) in [4.78, 5) is -0.0585. The first-order valence-corrected chi connectivity index (χ1v) is 9.65. The zero-order valence-electron chi connectivity index (χ0n) is 15.5. The molecule has 29 heavy (non-hydrogen) atoms. The van der Waals surface area contributed by atoms with Gasteiger partial charge in [-0.15, -0.1) is 0 Å². The molecule has 0 aromatic heterocycles. The van der Waals surface area contributed by atoms with Gasteiger partial charge in [0, 0.05) is 11.8 Å². The van der Waals surface area contributed by atoms with Crippen molar-refractivity contribution in [2.45, 2.75) is 23.9 Å². The van der Waals surface area contributed by atoms with Gasteiger partial charge in [0.15, 0.2) is 11.5 Å². The fourth-order valence-electron chi connectivity index (χ4n) is 2.23. The van der Waals surface area contributed by atoms with Gasteiger partial charge in [0.1, 0.15) is 6.61 Å². The number of methoxy groups -OCH3 is 2. The van der Waals surface area contributed by atoms with Crippen molar-refractivity contribution in [2.75, 3.05) is 25.5 Å². The van der Waals surface area contributed by atoms with Gasteiger partial charge in [-0.05, 0) is 29.8 Å². The predicted molar refractivity (Wildman–Crippen MR) is 97.4 cm³/mol. The molecule has 0 heterocycles. The van der Waals surface area contributed by atoms with Crippen LogP contribution < -0.4 is 14.2 Å². The van der Waals surface area contributed by atoms with Crippen molar-refractivity contribution >= 4 is 15.7 Å². The average molecular weight is 437 g/mol. The summed E-state index contributed by atoms with van der Waals surface area (Å²) in [6.45, 7) is -1.75. The topological polar surface area (TPSA) is 73.9 Å². The summed E-state index contributed by atoms with van der Waals surface area (Å²) in [6, 6.07) is 9.72. The Morgan fingerprint density at radius 3 is 2.17 bits per heavy atom. The van der Waals surface area contributed by atoms with Gasteiger partial charge in [-0.2, -0.15) is 8.78 Å². The molecule has 2 rings (SSSR count). The Kier molecular flexibility index (Phi) is 7.31. The quantitative estimate of drug-likeness (QED) is 0.571. The van der Waals surface area contributed by atoms with Crippen molar-refractivity contribution in [2.24, 2.45) is 0 Å². The second-order valence-electron chi connectivity index (χ2n) is 5.87. The summed E-state index contributed by atoms with van der Waals surface area (Å²) in [5.74, 6) is -3.62. The summed E-state index contributed by atoms with van der Waals surface area (Å²) in [5.41, 5.74) is 0.616. The summed E-state index contributed by atoms with van der Waals surface area (Å²) in [5, 5.41) is 0. The van der Waals surface area contributed by atoms with Crippen LogP contribution in [0.3, 0.4) is 0 Å². The number of sulfonamides is 1. The monoisotopic (exact) mass is 437 g/mol. The molecule has 0 saturated carbocycles. The number of halogens is 4. The number of nitrogens with one attached hydrogen (secondary N) is 1. The van der Waals surface area contributed by atoms with Gasteiger partial charge < -0.3 is 14.2 Å². The SMILES string of the molecule is COc1ccc(S(=O)(=O)Nc2ccc(COCC(F)(F)C(F)F)cc2)cc1OC. The second-order valence-corrected chi connectivity index (χ2v) is 7.56. The molecule has 0 amide bonds. The van der Waals surface area contributed by atoms with Crippen LogP contribution in [-0.4, -0.2) is 41.6 Å². The first kappa shape index (κ1) is 22.8. The molecule has 1 N–H and O–H groups in total. The van der Waals surface area contributed by atoms with Crippen LogP contribution in [0.25, 0.3) is 0 Å². The van der Waals surface area contributed by atoms with Crippen molar-refractivity contribution in [3.63, 3.8) is 0 Å². The first-order valence-electron chi connectivity index (χ1n) is 8.16. The molecule has 11 heteroatoms. The molecule has 0 aliphatic rings. The molecule has 0 bridgehead atoms. The van der Waals surface area contributed by atoms with E-state index in [1.54, 1.807) is 0 Å². The van der Waals surface area contributed by atoms with E-state index >= 15 is 0 Å². The minimum Gasteiger partial charge on any atom is -0.493 e. The Balaban J connectivity index is 2.03. The maximum Gasteiger partial charge on any atom is 0.330 e. The summed E-state index contributed by atoms with van der Waals surface area (Å²) in [6.07, 6.45) is -3.81. The predicted octanol–water partition coefficient (Wildman–Crippen LogP) is 3.92. The summed E-state index contributed by atoms with van der Waals surface area (Å²) < 4.78 is 91.9. The average Bonchev–Trinajstić information content (AvgIpc) is 2.68. The van der Waals surface area contributed by atoms with Crippen molar-refractivity contribution in [3.8, 4) is 11.5 Å². The lowest BCUT2D eigenvalue weighted by molar-refractivity contribution is -0.168. The molecule has 6 nitrogen and oxygen atoms in total. The number of ether oxygens (including phenoxy) is 3. The van der Waals surface area contributed by atoms with Gasteiger partial charge >= 0.3 is 12.3 Å². The van der Waals surface area contributed by atoms with Crippen molar-refractivity contribution in [1.82, 2.24) is 0 Å². The lowest BCUT2D eigenvalue weighted by Gasteiger charge is -2.15. The van der Waals surface area contributed by atoms with Gasteiger partial charge in [-0.1, -0.05) is 12.1 Å². The molecule has 0 aliphatic carbocycles. The van der Waals surface area contributed by atoms with Crippen molar-refractivity contribution < 1.29 is 40.2 Å². The number of rotatable bonds is 10. The summed E-state index contributed by atoms with van der Waals surface area (Å²) in [7, 11) is -1.13. The van der Waals surface area contributed by atoms with Crippen molar-refractivity contribution in [1.29, 1.82) is 0 Å². The van der Waals surface area contributed by atoms with Gasteiger partial charge in [0.25, 0.3) is 10.0 Å². The van der Waals surface area contributed by atoms with Crippen LogP contribution in [0.1, 0.15) is 5.56 Å². The number of hydrogen-bond acceptors (Lipinski definition) is 5. The van der Waals surface area contributed by atoms with E-state index in [0.29, 0.717) is 11.3 Å². The number of anilines is 1. The molecule has 0 saturated heterocycles. The highest BCUT2D eigenvalue weighted by Gasteiger charge is 2.40. The highest BCUT2D eigenvalue weighted by Crippen LogP contribution is 2.30. The Morgan fingerprint density at radius 1 is 1.00 bits per heavy atom. The molecule has 2 aromatic rings. The minimum atomic E-state index is -4.23. The molecule has 160 valence electrons. The van der Waals surface area contributed by atoms with Gasteiger partial charge in [0.05, 0.1) is 25.7 Å². The third-order valence-electron chi connectivity index (χ3n) is 3.75. The third kappa shape index (κ3) is 5.97. The third-order valence-corrected chi connectivity index (χ3v) is 5.13. The highest BCUT2D eigenvalue weighted by molar-refractivity contribution is 7.92. The lowest BCUT2D eigenvalue weighted by Crippen LogP contribution is -2.32. The molecule has 0 fully saturated rings. The van der Waals surface area contributed by atoms with E-state index in [1.807, 2.05) is 0 Å². The van der Waals surface area contributed by atoms with E-state index in [9.17, 15) is 26.0 Å². The van der Waals surface area contributed by atoms with Crippen LogP contribution in [0.15, 0.2) is 47.4 Å². The molecular formula is C18H19F4NO5S. The lowest BCUT2D eigenvalue weighted by atomic mass is 10.2. The zero-order valence-corrected chi connectivity index (χ0v) is 16.3. The van der Waals surface area contributed by atoms with Crippen LogP contribution in [0.5, 0.6) is 11.5 Å². The Morgan fingerprint density at radius 2 is 1.62 bits per heavy atom. The van der Waals surface area contributed by atoms with E-state index in [0.717, 1.165) is 0 Å². The van der Waals surface area contributed by atoms with Crippen LogP contribution in [-0.2, 0) is 21.4 Å². The maximum atomic E-state index is 12.8. The number of alkyl halides is 4. The van der Waals surface area contributed by atoms with Gasteiger partial charge in [0.2, 0.25) is 0 Å². The van der Waals surface area contributed by atoms with E-state index in [-0.39, 0.29) is 22.9 Å². The molecule has 2 aromatic carbocycles. The molecule has 0 aliphatic heterocycles. The first-order chi connectivity index (χ1) is 13.6. The van der Waals surface area contributed by atoms with Crippen LogP contribution in [0, 0.1) is 0 Å². The van der Waals surface area contributed by atoms with Crippen LogP contribution >= 0.6 is 0 Å². The van der Waals surface area contributed by atoms with Gasteiger partial charge in [-0.25, -0.2) is 17.2 Å². The zero-order chi connectivity index (χ0) is 21.7. The standard InChI is InChI=1S/C18H19F4NO5S/c1-26-15-8-7-14(9-16(15)27-2)29(24,25)23-13-5-3-12(4-6-13)10-28-11-18(21,22)17(19)20/h3-9,17,23H,10-11H2,1-2H3. The van der Waals surface area contributed by atoms with E-state index in [1.165, 1.54) is 56.7 Å². The number of hydrogen-bond donors (Lipinski definition) is 1. The smallest absolute Gasteiger partial charge is 0.330 e. The largest absolute Gasteiger partial charge is 0.493 e. The Bertz CT molecular complexity index is 920. The van der Waals surface area contributed by atoms with Gasteiger partial charge in [-0.3, -0.25) is 4.72 Å². The molecule has 0 unspecified atom stereocenters. The minimum absolute atomic E-state index is 0.0585. The Hall–Kier alpha value is -2.53. The number of benzene rings is 2. The summed E-state index contributed by atoms with van der Waals surface area (Å²) >= 11 is 0. The molecule has 0 atom stereocenters. The fraction of sp³-hybridized carbons (Fsp3) is 0.333. The van der Waals surface area contributed by atoms with E-state index in [2.05, 4.69) is 9.46 Å². The van der Waals surface area contributed by atoms with E-state index in [4.69, 9.17) is 9.47 Å². The molecular weight excluding hydrogens is 418 g/mol. The van der Waals surface area contributed by atoms with Crippen LogP contribution in [0.2, 0.25) is 0 Å². The van der Waals surface area contributed by atoms with Crippen molar-refractivity contribution in [3.05, 3.63) is 48.0 Å². The normalized spacial score (nSPS) is 12.1. The second kappa shape index (κ2) is 9.31. The highest BCUT2D eigenvalue weighted by atomic mass is 32.2. The Labute approximate surface area is 165 Å². The fourth-order valence-corrected chi connectivity index (χ4v) is 3.31. The maximum absolute atomic E-state index is 12.8. The van der Waals surface area contributed by atoms with E-state index < -0.39 is 29.0 Å². The van der Waals surface area contributed by atoms with Crippen LogP contribution in [0.4, 0.5) is 23.2 Å². The molecule has 0 spiro atoms.